The Kier molecular flexibility index (Phi) is 21.5. The number of carbonyl (C=O) groups is 6. The smallest absolute Gasteiger partial charge is 0.417 e. The lowest BCUT2D eigenvalue weighted by molar-refractivity contribution is -0.145. The average molecular weight is 1320 g/mol. The molecule has 3 aliphatic carbocycles. The summed E-state index contributed by atoms with van der Waals surface area (Å²) in [4.78, 5) is 72.4. The van der Waals surface area contributed by atoms with Crippen molar-refractivity contribution in [3.8, 4) is 34.5 Å². The Morgan fingerprint density at radius 3 is 1.20 bits per heavy atom. The summed E-state index contributed by atoms with van der Waals surface area (Å²) >= 11 is 0. The molecule has 6 aromatic rings. The molecule has 0 saturated heterocycles. The van der Waals surface area contributed by atoms with Gasteiger partial charge in [0.25, 0.3) is 17.7 Å². The van der Waals surface area contributed by atoms with E-state index in [1.807, 2.05) is 0 Å². The lowest BCUT2D eigenvalue weighted by Crippen LogP contribution is -2.27. The van der Waals surface area contributed by atoms with Crippen LogP contribution in [0, 0.1) is 11.6 Å². The number of nitrogens with one attached hydrogen (secondary N) is 3. The zero-order chi connectivity index (χ0) is 68.4. The normalized spacial score (nSPS) is 14.1. The Balaban J connectivity index is 0.000000198. The van der Waals surface area contributed by atoms with Crippen LogP contribution in [0.3, 0.4) is 0 Å². The van der Waals surface area contributed by atoms with Crippen LogP contribution >= 0.6 is 0 Å². The van der Waals surface area contributed by atoms with Crippen molar-refractivity contribution in [1.82, 2.24) is 16.0 Å². The number of rotatable bonds is 13. The number of amides is 3. The van der Waals surface area contributed by atoms with Crippen molar-refractivity contribution in [3.63, 3.8) is 0 Å². The largest absolute Gasteiger partial charge is 0.457 e. The van der Waals surface area contributed by atoms with E-state index in [4.69, 9.17) is 14.2 Å². The monoisotopic (exact) mass is 1320 g/mol. The number of alkyl halides is 15. The molecule has 93 heavy (non-hydrogen) atoms. The Morgan fingerprint density at radius 1 is 0.409 bits per heavy atom. The molecule has 4 N–H and O–H groups in total. The molecule has 13 nitrogen and oxygen atoms in total. The minimum atomic E-state index is -5.36. The van der Waals surface area contributed by atoms with E-state index in [0.29, 0.717) is 12.1 Å². The van der Waals surface area contributed by atoms with Crippen molar-refractivity contribution in [2.45, 2.75) is 56.8 Å². The van der Waals surface area contributed by atoms with Gasteiger partial charge in [-0.2, -0.15) is 65.9 Å². The first-order valence-corrected chi connectivity index (χ1v) is 26.2. The predicted octanol–water partition coefficient (Wildman–Crippen LogP) is 15.7. The van der Waals surface area contributed by atoms with Gasteiger partial charge in [0.05, 0.1) is 51.1 Å². The molecule has 0 spiro atoms. The summed E-state index contributed by atoms with van der Waals surface area (Å²) in [5.74, 6) is -9.04. The van der Waals surface area contributed by atoms with Crippen molar-refractivity contribution in [2.24, 2.45) is 0 Å². The first-order chi connectivity index (χ1) is 43.5. The molecule has 0 atom stereocenters. The number of hydrogen-bond acceptors (Lipinski definition) is 10. The zero-order valence-electron chi connectivity index (χ0n) is 46.5. The van der Waals surface area contributed by atoms with Crippen LogP contribution in [-0.2, 0) is 51.9 Å². The maximum absolute atomic E-state index is 13.7. The molecule has 9 rings (SSSR count). The lowest BCUT2D eigenvalue weighted by Gasteiger charge is -2.20. The molecule has 0 aromatic heterocycles. The van der Waals surface area contributed by atoms with Crippen LogP contribution < -0.4 is 30.2 Å². The average Bonchev–Trinajstić information content (AvgIpc) is 0.782. The van der Waals surface area contributed by atoms with Gasteiger partial charge >= 0.3 is 30.9 Å². The highest BCUT2D eigenvalue weighted by Crippen LogP contribution is 2.45. The molecule has 0 fully saturated rings. The van der Waals surface area contributed by atoms with Crippen LogP contribution in [0.2, 0.25) is 0 Å². The SMILES string of the molecule is O=C1C=C(NC(=O)c2c(Oc3ccc(F)cc3)cc(C(F)(F)F)cc2C(F)(F)F)C=CC1.O=C1C=C(NC(=O)c2c(Oc3ccccc3)cc(C(F)(F)F)cc2C(F)(F)F)C=CC1.O=C1C=C(NC(=O)c2ccc(C(F)(F)F)cc2Oc2ccc(F)cc2CO)C=CC1. The van der Waals surface area contributed by atoms with Crippen molar-refractivity contribution < 1.29 is 123 Å². The number of aliphatic hydroxyl groups excluding tert-OH is 1. The minimum absolute atomic E-state index is 0.0118. The fourth-order valence-corrected chi connectivity index (χ4v) is 8.31. The maximum atomic E-state index is 13.7. The molecule has 6 aromatic carbocycles. The second-order valence-corrected chi connectivity index (χ2v) is 19.4. The Labute approximate surface area is 512 Å². The van der Waals surface area contributed by atoms with Gasteiger partial charge in [-0.3, -0.25) is 28.8 Å². The highest BCUT2D eigenvalue weighted by molar-refractivity contribution is 6.03. The van der Waals surface area contributed by atoms with E-state index in [2.05, 4.69) is 16.0 Å². The van der Waals surface area contributed by atoms with Crippen LogP contribution in [0.5, 0.6) is 34.5 Å². The first-order valence-electron chi connectivity index (χ1n) is 26.2. The molecule has 0 aliphatic heterocycles. The molecule has 0 radical (unpaired) electrons. The third kappa shape index (κ3) is 19.2. The highest BCUT2D eigenvalue weighted by atomic mass is 19.4. The van der Waals surface area contributed by atoms with Gasteiger partial charge in [0.2, 0.25) is 0 Å². The van der Waals surface area contributed by atoms with Gasteiger partial charge in [-0.1, -0.05) is 36.4 Å². The van der Waals surface area contributed by atoms with Crippen LogP contribution in [0.25, 0.3) is 0 Å². The molecule has 0 bridgehead atoms. The summed E-state index contributed by atoms with van der Waals surface area (Å²) in [5.41, 5.74) is -10.8. The molecular weight excluding hydrogens is 1280 g/mol. The number of halogens is 17. The van der Waals surface area contributed by atoms with Gasteiger partial charge in [-0.15, -0.1) is 0 Å². The van der Waals surface area contributed by atoms with E-state index >= 15 is 0 Å². The lowest BCUT2D eigenvalue weighted by atomic mass is 10.00. The molecule has 486 valence electrons. The quantitative estimate of drug-likeness (QED) is 0.0811. The standard InChI is InChI=1S/C21H12F7NO3.C21H13F6NO3.C21H15F4NO4/c22-12-4-6-15(7-5-12)32-17-9-11(20(23,24)25)8-16(21(26,27)28)18(17)19(31)29-13-2-1-3-14(30)10-13;22-20(23,24)12-9-16(21(25,26)27)18(17(10-12)31-15-7-2-1-3-8-15)19(30)28-13-5-4-6-14(29)11-13;22-14-5-7-18(12(8-14)11-27)30-19-9-13(21(23,24)25)4-6-17(19)20(29)26-15-2-1-3-16(28)10-15/h1-2,4-10H,3H2,(H,29,31);1-5,7-11H,6H2,(H,28,30);1-2,4-10,27H,3,11H2,(H,26,29). The number of hydrogen-bond donors (Lipinski definition) is 4. The summed E-state index contributed by atoms with van der Waals surface area (Å²) in [5, 5.41) is 16.0. The summed E-state index contributed by atoms with van der Waals surface area (Å²) in [7, 11) is 0. The second kappa shape index (κ2) is 28.7. The van der Waals surface area contributed by atoms with Gasteiger partial charge < -0.3 is 35.3 Å². The molecule has 3 aliphatic rings. The zero-order valence-corrected chi connectivity index (χ0v) is 46.5. The molecule has 0 heterocycles. The van der Waals surface area contributed by atoms with Crippen molar-refractivity contribution in [2.75, 3.05) is 0 Å². The maximum Gasteiger partial charge on any atom is 0.417 e. The summed E-state index contributed by atoms with van der Waals surface area (Å²) in [6.07, 6.45) is -13.9. The first kappa shape index (κ1) is 69.8. The van der Waals surface area contributed by atoms with Crippen LogP contribution in [0.4, 0.5) is 74.6 Å². The van der Waals surface area contributed by atoms with Crippen molar-refractivity contribution in [1.29, 1.82) is 0 Å². The van der Waals surface area contributed by atoms with Crippen molar-refractivity contribution >= 4 is 35.1 Å². The van der Waals surface area contributed by atoms with Gasteiger partial charge in [0, 0.05) is 60.1 Å². The van der Waals surface area contributed by atoms with E-state index in [-0.39, 0.29) is 88.7 Å². The van der Waals surface area contributed by atoms with Crippen LogP contribution in [0.1, 0.15) is 83.7 Å². The Morgan fingerprint density at radius 2 is 0.806 bits per heavy atom. The second-order valence-electron chi connectivity index (χ2n) is 19.4. The van der Waals surface area contributed by atoms with E-state index in [9.17, 15) is 109 Å². The van der Waals surface area contributed by atoms with E-state index in [1.165, 1.54) is 66.8 Å². The molecule has 30 heteroatoms. The third-order valence-corrected chi connectivity index (χ3v) is 12.5. The number of aliphatic hydroxyl groups is 1. The van der Waals surface area contributed by atoms with E-state index in [0.717, 1.165) is 66.7 Å². The van der Waals surface area contributed by atoms with Crippen LogP contribution in [0.15, 0.2) is 187 Å². The fraction of sp³-hybridized carbons (Fsp3) is 0.143. The number of ketones is 3. The van der Waals surface area contributed by atoms with E-state index in [1.54, 1.807) is 6.07 Å². The summed E-state index contributed by atoms with van der Waals surface area (Å²) in [6.45, 7) is -0.632. The minimum Gasteiger partial charge on any atom is -0.457 e. The number of benzene rings is 6. The summed E-state index contributed by atoms with van der Waals surface area (Å²) in [6, 6.07) is 16.4. The van der Waals surface area contributed by atoms with Gasteiger partial charge in [-0.25, -0.2) is 8.78 Å². The van der Waals surface area contributed by atoms with E-state index < -0.39 is 135 Å². The van der Waals surface area contributed by atoms with Gasteiger partial charge in [-0.05, 0) is 115 Å². The molecule has 0 unspecified atom stereocenters. The topological polar surface area (TPSA) is 186 Å². The fourth-order valence-electron chi connectivity index (χ4n) is 8.31. The number of allylic oxidation sites excluding steroid dienone is 9. The highest BCUT2D eigenvalue weighted by Gasteiger charge is 2.44. The third-order valence-electron chi connectivity index (χ3n) is 12.5. The predicted molar refractivity (Wildman–Crippen MR) is 293 cm³/mol. The van der Waals surface area contributed by atoms with Crippen LogP contribution in [-0.4, -0.2) is 40.2 Å². The van der Waals surface area contributed by atoms with Crippen molar-refractivity contribution in [3.05, 3.63) is 249 Å². The number of para-hydroxylation sites is 1. The number of carbonyl (C=O) groups excluding carboxylic acids is 6. The molecule has 3 amide bonds. The molecular formula is C63H40F17N3O10. The Hall–Kier alpha value is -10.7. The van der Waals surface area contributed by atoms with Gasteiger partial charge in [0.1, 0.15) is 46.1 Å². The Bertz CT molecular complexity index is 4070. The molecule has 0 saturated carbocycles. The number of ether oxygens (including phenoxy) is 3. The van der Waals surface area contributed by atoms with Gasteiger partial charge in [0.15, 0.2) is 17.3 Å². The summed E-state index contributed by atoms with van der Waals surface area (Å²) < 4.78 is 243.